The van der Waals surface area contributed by atoms with Gasteiger partial charge in [-0.1, -0.05) is 11.6 Å². The first-order chi connectivity index (χ1) is 6.77. The zero-order valence-corrected chi connectivity index (χ0v) is 8.91. The molecule has 0 aliphatic rings. The smallest absolute Gasteiger partial charge is 0.257 e. The molecule has 0 spiro atoms. The van der Waals surface area contributed by atoms with Crippen molar-refractivity contribution >= 4 is 17.5 Å². The Bertz CT molecular complexity index is 308. The number of ether oxygens (including phenoxy) is 1. The van der Waals surface area contributed by atoms with Crippen LogP contribution in [0.2, 0.25) is 5.02 Å². The Labute approximate surface area is 88.3 Å². The van der Waals surface area contributed by atoms with Gasteiger partial charge in [-0.15, -0.1) is 0 Å². The first-order valence-corrected chi connectivity index (χ1v) is 4.65. The van der Waals surface area contributed by atoms with E-state index in [-0.39, 0.29) is 0 Å². The maximum atomic E-state index is 5.76. The number of benzene rings is 1. The average Bonchev–Trinajstić information content (AvgIpc) is 2.19. The second-order valence-corrected chi connectivity index (χ2v) is 2.96. The Morgan fingerprint density at radius 2 is 2.00 bits per heavy atom. The lowest BCUT2D eigenvalue weighted by Crippen LogP contribution is -2.06. The summed E-state index contributed by atoms with van der Waals surface area (Å²) in [6.45, 7) is 2.44. The van der Waals surface area contributed by atoms with E-state index >= 15 is 0 Å². The van der Waals surface area contributed by atoms with Crippen LogP contribution >= 0.6 is 11.6 Å². The van der Waals surface area contributed by atoms with E-state index in [1.165, 1.54) is 7.11 Å². The molecule has 0 amide bonds. The van der Waals surface area contributed by atoms with Gasteiger partial charge in [-0.2, -0.15) is 0 Å². The highest BCUT2D eigenvalue weighted by molar-refractivity contribution is 6.30. The summed E-state index contributed by atoms with van der Waals surface area (Å²) in [6, 6.07) is 7.22. The van der Waals surface area contributed by atoms with Crippen LogP contribution in [0.4, 0.5) is 0 Å². The van der Waals surface area contributed by atoms with Crippen molar-refractivity contribution in [3.63, 3.8) is 0 Å². The van der Waals surface area contributed by atoms with E-state index in [0.29, 0.717) is 17.5 Å². The van der Waals surface area contributed by atoms with Crippen molar-refractivity contribution in [2.24, 2.45) is 5.16 Å². The molecule has 4 heteroatoms. The standard InChI is InChI=1S/C10H12ClNO2/c1-3-14-10(12-13-2)8-4-6-9(11)7-5-8/h4-7H,3H2,1-2H3/b12-10+. The number of oxime groups is 1. The summed E-state index contributed by atoms with van der Waals surface area (Å²) in [4.78, 5) is 4.67. The van der Waals surface area contributed by atoms with Gasteiger partial charge < -0.3 is 9.57 Å². The molecule has 0 N–H and O–H groups in total. The topological polar surface area (TPSA) is 30.8 Å². The summed E-state index contributed by atoms with van der Waals surface area (Å²) in [5, 5.41) is 4.45. The van der Waals surface area contributed by atoms with Crippen LogP contribution in [0.15, 0.2) is 29.4 Å². The molecule has 1 aromatic rings. The number of halogens is 1. The van der Waals surface area contributed by atoms with E-state index in [4.69, 9.17) is 16.3 Å². The molecule has 1 aromatic carbocycles. The highest BCUT2D eigenvalue weighted by atomic mass is 35.5. The van der Waals surface area contributed by atoms with Gasteiger partial charge in [0.05, 0.1) is 6.61 Å². The maximum Gasteiger partial charge on any atom is 0.257 e. The van der Waals surface area contributed by atoms with E-state index < -0.39 is 0 Å². The van der Waals surface area contributed by atoms with Crippen LogP contribution in [0, 0.1) is 0 Å². The third-order valence-electron chi connectivity index (χ3n) is 1.55. The zero-order chi connectivity index (χ0) is 10.4. The lowest BCUT2D eigenvalue weighted by atomic mass is 10.2. The van der Waals surface area contributed by atoms with E-state index in [0.717, 1.165) is 5.56 Å². The maximum absolute atomic E-state index is 5.76. The van der Waals surface area contributed by atoms with Crippen molar-refractivity contribution in [3.05, 3.63) is 34.9 Å². The van der Waals surface area contributed by atoms with Crippen LogP contribution in [0.25, 0.3) is 0 Å². The molecule has 0 heterocycles. The number of rotatable bonds is 3. The molecule has 0 aliphatic heterocycles. The molecule has 0 saturated heterocycles. The molecule has 3 nitrogen and oxygen atoms in total. The number of nitrogens with zero attached hydrogens (tertiary/aromatic N) is 1. The summed E-state index contributed by atoms with van der Waals surface area (Å²) in [6.07, 6.45) is 0. The van der Waals surface area contributed by atoms with Gasteiger partial charge in [0.1, 0.15) is 7.11 Å². The quantitative estimate of drug-likeness (QED) is 0.439. The van der Waals surface area contributed by atoms with Gasteiger partial charge in [-0.05, 0) is 36.3 Å². The van der Waals surface area contributed by atoms with Gasteiger partial charge in [0.2, 0.25) is 0 Å². The van der Waals surface area contributed by atoms with E-state index in [1.807, 2.05) is 19.1 Å². The molecule has 0 aromatic heterocycles. The monoisotopic (exact) mass is 213 g/mol. The van der Waals surface area contributed by atoms with E-state index in [2.05, 4.69) is 9.99 Å². The van der Waals surface area contributed by atoms with Crippen molar-refractivity contribution < 1.29 is 9.57 Å². The minimum Gasteiger partial charge on any atom is -0.475 e. The zero-order valence-electron chi connectivity index (χ0n) is 8.16. The van der Waals surface area contributed by atoms with Gasteiger partial charge in [-0.3, -0.25) is 0 Å². The van der Waals surface area contributed by atoms with E-state index in [1.54, 1.807) is 12.1 Å². The summed E-state index contributed by atoms with van der Waals surface area (Å²) in [5.74, 6) is 0.465. The minimum absolute atomic E-state index is 0.465. The van der Waals surface area contributed by atoms with Gasteiger partial charge >= 0.3 is 0 Å². The van der Waals surface area contributed by atoms with Gasteiger partial charge in [0.15, 0.2) is 0 Å². The Balaban J connectivity index is 2.88. The van der Waals surface area contributed by atoms with Crippen LogP contribution in [-0.4, -0.2) is 19.6 Å². The predicted octanol–water partition coefficient (Wildman–Crippen LogP) is 2.68. The largest absolute Gasteiger partial charge is 0.475 e. The third-order valence-corrected chi connectivity index (χ3v) is 1.80. The van der Waals surface area contributed by atoms with Crippen molar-refractivity contribution in [2.45, 2.75) is 6.92 Å². The van der Waals surface area contributed by atoms with Crippen LogP contribution in [-0.2, 0) is 9.57 Å². The van der Waals surface area contributed by atoms with Crippen molar-refractivity contribution in [3.8, 4) is 0 Å². The molecular formula is C10H12ClNO2. The third kappa shape index (κ3) is 2.92. The molecule has 0 aliphatic carbocycles. The second kappa shape index (κ2) is 5.50. The van der Waals surface area contributed by atoms with Gasteiger partial charge in [0.25, 0.3) is 5.90 Å². The van der Waals surface area contributed by atoms with Crippen molar-refractivity contribution in [1.82, 2.24) is 0 Å². The number of hydrogen-bond acceptors (Lipinski definition) is 3. The van der Waals surface area contributed by atoms with Crippen LogP contribution < -0.4 is 0 Å². The lowest BCUT2D eigenvalue weighted by molar-refractivity contribution is 0.194. The molecule has 14 heavy (non-hydrogen) atoms. The molecule has 0 bridgehead atoms. The van der Waals surface area contributed by atoms with Gasteiger partial charge in [0, 0.05) is 10.6 Å². The molecule has 0 saturated carbocycles. The van der Waals surface area contributed by atoms with Crippen molar-refractivity contribution in [2.75, 3.05) is 13.7 Å². The molecule has 76 valence electrons. The lowest BCUT2D eigenvalue weighted by Gasteiger charge is -2.05. The normalized spacial score (nSPS) is 11.2. The van der Waals surface area contributed by atoms with Gasteiger partial charge in [-0.25, -0.2) is 0 Å². The van der Waals surface area contributed by atoms with Crippen molar-refractivity contribution in [1.29, 1.82) is 0 Å². The average molecular weight is 214 g/mol. The van der Waals surface area contributed by atoms with Crippen LogP contribution in [0.5, 0.6) is 0 Å². The fourth-order valence-electron chi connectivity index (χ4n) is 0.974. The van der Waals surface area contributed by atoms with E-state index in [9.17, 15) is 0 Å². The van der Waals surface area contributed by atoms with Crippen LogP contribution in [0.1, 0.15) is 12.5 Å². The SMILES string of the molecule is CCO/C(=N/OC)c1ccc(Cl)cc1. The summed E-state index contributed by atoms with van der Waals surface area (Å²) in [5.41, 5.74) is 0.845. The highest BCUT2D eigenvalue weighted by Crippen LogP contribution is 2.11. The summed E-state index contributed by atoms with van der Waals surface area (Å²) in [7, 11) is 1.48. The number of hydrogen-bond donors (Lipinski definition) is 0. The molecule has 0 atom stereocenters. The molecule has 0 fully saturated rings. The molecule has 0 radical (unpaired) electrons. The minimum atomic E-state index is 0.465. The Morgan fingerprint density at radius 3 is 2.50 bits per heavy atom. The molecule has 0 unspecified atom stereocenters. The fraction of sp³-hybridized carbons (Fsp3) is 0.300. The summed E-state index contributed by atoms with van der Waals surface area (Å²) < 4.78 is 5.29. The second-order valence-electron chi connectivity index (χ2n) is 2.52. The molecule has 1 rings (SSSR count). The van der Waals surface area contributed by atoms with Crippen LogP contribution in [0.3, 0.4) is 0 Å². The first-order valence-electron chi connectivity index (χ1n) is 4.27. The first kappa shape index (κ1) is 10.9. The Kier molecular flexibility index (Phi) is 4.26. The molecular weight excluding hydrogens is 202 g/mol. The Morgan fingerprint density at radius 1 is 1.36 bits per heavy atom. The Hall–Kier alpha value is -1.22. The summed E-state index contributed by atoms with van der Waals surface area (Å²) >= 11 is 5.76. The predicted molar refractivity (Wildman–Crippen MR) is 56.6 cm³/mol. The highest BCUT2D eigenvalue weighted by Gasteiger charge is 2.04. The fourth-order valence-corrected chi connectivity index (χ4v) is 1.10.